The van der Waals surface area contributed by atoms with Crippen LogP contribution in [0.5, 0.6) is 0 Å². The molecule has 0 heterocycles. The summed E-state index contributed by atoms with van der Waals surface area (Å²) in [5.41, 5.74) is 5.28. The fraction of sp³-hybridized carbons (Fsp3) is 0.0769. The monoisotopic (exact) mass is 255 g/mol. The summed E-state index contributed by atoms with van der Waals surface area (Å²) >= 11 is 0. The second-order valence-corrected chi connectivity index (χ2v) is 3.93. The van der Waals surface area contributed by atoms with Gasteiger partial charge in [-0.05, 0) is 24.6 Å². The number of hydrogen-bond acceptors (Lipinski definition) is 1. The third kappa shape index (κ3) is 2.03. The average molecular weight is 255 g/mol. The van der Waals surface area contributed by atoms with Gasteiger partial charge >= 0.3 is 0 Å². The molecule has 1 nitrogen and oxygen atoms in total. The molecule has 2 aromatic rings. The van der Waals surface area contributed by atoms with Gasteiger partial charge < -0.3 is 5.73 Å². The largest absolute Gasteiger partial charge is 0.398 e. The molecule has 0 saturated heterocycles. The minimum atomic E-state index is -1.17. The highest BCUT2D eigenvalue weighted by molar-refractivity contribution is 5.70. The number of hydrogen-bond donors (Lipinski definition) is 1. The molecule has 2 N–H and O–H groups in total. The summed E-state index contributed by atoms with van der Waals surface area (Å²) in [6, 6.07) is 3.19. The number of nitrogens with two attached hydrogens (primary N) is 1. The van der Waals surface area contributed by atoms with Crippen LogP contribution in [-0.2, 0) is 0 Å². The lowest BCUT2D eigenvalue weighted by atomic mass is 10.0. The highest BCUT2D eigenvalue weighted by Crippen LogP contribution is 2.31. The summed E-state index contributed by atoms with van der Waals surface area (Å²) in [6.45, 7) is 1.57. The molecule has 18 heavy (non-hydrogen) atoms. The van der Waals surface area contributed by atoms with Gasteiger partial charge in [0, 0.05) is 23.4 Å². The Morgan fingerprint density at radius 2 is 1.39 bits per heavy atom. The molecule has 0 aliphatic carbocycles. The molecule has 0 atom stereocenters. The first-order valence-electron chi connectivity index (χ1n) is 5.10. The molecule has 0 amide bonds. The van der Waals surface area contributed by atoms with Crippen molar-refractivity contribution in [1.29, 1.82) is 0 Å². The van der Waals surface area contributed by atoms with Gasteiger partial charge in [0.15, 0.2) is 0 Å². The van der Waals surface area contributed by atoms with Crippen molar-refractivity contribution in [3.8, 4) is 11.1 Å². The normalized spacial score (nSPS) is 10.7. The van der Waals surface area contributed by atoms with Gasteiger partial charge in [-0.1, -0.05) is 0 Å². The van der Waals surface area contributed by atoms with E-state index in [9.17, 15) is 17.6 Å². The van der Waals surface area contributed by atoms with Crippen LogP contribution in [0.25, 0.3) is 11.1 Å². The van der Waals surface area contributed by atoms with Gasteiger partial charge in [0.2, 0.25) is 0 Å². The predicted octanol–water partition coefficient (Wildman–Crippen LogP) is 3.80. The van der Waals surface area contributed by atoms with E-state index in [1.165, 1.54) is 0 Å². The van der Waals surface area contributed by atoms with Crippen LogP contribution in [0.1, 0.15) is 5.56 Å². The Labute approximate surface area is 101 Å². The van der Waals surface area contributed by atoms with Crippen molar-refractivity contribution in [3.05, 3.63) is 53.1 Å². The minimum Gasteiger partial charge on any atom is -0.398 e. The molecular formula is C13H9F4N. The van der Waals surface area contributed by atoms with Crippen LogP contribution in [-0.4, -0.2) is 0 Å². The Morgan fingerprint density at radius 1 is 0.833 bits per heavy atom. The second kappa shape index (κ2) is 4.33. The first-order valence-corrected chi connectivity index (χ1v) is 5.10. The van der Waals surface area contributed by atoms with Gasteiger partial charge in [0.05, 0.1) is 5.56 Å². The van der Waals surface area contributed by atoms with Crippen molar-refractivity contribution in [2.75, 3.05) is 5.73 Å². The molecule has 0 spiro atoms. The van der Waals surface area contributed by atoms with E-state index in [0.717, 1.165) is 12.1 Å². The van der Waals surface area contributed by atoms with Gasteiger partial charge in [-0.2, -0.15) is 0 Å². The second-order valence-electron chi connectivity index (χ2n) is 3.93. The highest BCUT2D eigenvalue weighted by atomic mass is 19.1. The molecule has 0 aromatic heterocycles. The molecule has 0 fully saturated rings. The van der Waals surface area contributed by atoms with Crippen molar-refractivity contribution in [3.63, 3.8) is 0 Å². The molecule has 5 heteroatoms. The van der Waals surface area contributed by atoms with Crippen LogP contribution >= 0.6 is 0 Å². The van der Waals surface area contributed by atoms with Crippen molar-refractivity contribution < 1.29 is 17.6 Å². The fourth-order valence-electron chi connectivity index (χ4n) is 1.68. The Balaban J connectivity index is 2.73. The van der Waals surface area contributed by atoms with E-state index < -0.39 is 28.8 Å². The number of benzene rings is 2. The predicted molar refractivity (Wildman–Crippen MR) is 60.9 cm³/mol. The summed E-state index contributed by atoms with van der Waals surface area (Å²) < 4.78 is 53.5. The lowest BCUT2D eigenvalue weighted by Gasteiger charge is -2.09. The third-order valence-electron chi connectivity index (χ3n) is 2.63. The molecule has 0 aliphatic rings. The number of aryl methyl sites for hydroxylation is 1. The zero-order valence-corrected chi connectivity index (χ0v) is 9.40. The van der Waals surface area contributed by atoms with E-state index in [2.05, 4.69) is 0 Å². The molecule has 2 aromatic carbocycles. The summed E-state index contributed by atoms with van der Waals surface area (Å²) in [5, 5.41) is 0. The Bertz CT molecular complexity index is 600. The van der Waals surface area contributed by atoms with Gasteiger partial charge in [0.1, 0.15) is 23.3 Å². The highest BCUT2D eigenvalue weighted by Gasteiger charge is 2.18. The molecule has 0 saturated carbocycles. The Morgan fingerprint density at radius 3 is 1.94 bits per heavy atom. The molecule has 0 unspecified atom stereocenters. The molecule has 0 radical (unpaired) electrons. The molecule has 0 bridgehead atoms. The van der Waals surface area contributed by atoms with Crippen molar-refractivity contribution in [2.24, 2.45) is 0 Å². The van der Waals surface area contributed by atoms with Gasteiger partial charge in [-0.15, -0.1) is 0 Å². The van der Waals surface area contributed by atoms with Gasteiger partial charge in [-0.25, -0.2) is 17.6 Å². The Kier molecular flexibility index (Phi) is 2.98. The lowest BCUT2D eigenvalue weighted by molar-refractivity contribution is 0.545. The molecule has 0 aliphatic heterocycles. The quantitative estimate of drug-likeness (QED) is 0.608. The van der Waals surface area contributed by atoms with Crippen LogP contribution in [0, 0.1) is 30.2 Å². The third-order valence-corrected chi connectivity index (χ3v) is 2.63. The van der Waals surface area contributed by atoms with Crippen LogP contribution in [0.2, 0.25) is 0 Å². The number of nitrogen functional groups attached to an aromatic ring is 1. The SMILES string of the molecule is Cc1cc(F)c(-c2c(F)cc(F)cc2F)cc1N. The van der Waals surface area contributed by atoms with Crippen molar-refractivity contribution in [1.82, 2.24) is 0 Å². The maximum atomic E-state index is 13.7. The van der Waals surface area contributed by atoms with Crippen LogP contribution in [0.15, 0.2) is 24.3 Å². The topological polar surface area (TPSA) is 26.0 Å². The molecule has 2 rings (SSSR count). The number of rotatable bonds is 1. The fourth-order valence-corrected chi connectivity index (χ4v) is 1.68. The van der Waals surface area contributed by atoms with E-state index in [1.54, 1.807) is 6.92 Å². The van der Waals surface area contributed by atoms with E-state index in [0.29, 0.717) is 17.7 Å². The van der Waals surface area contributed by atoms with Crippen LogP contribution in [0.4, 0.5) is 23.2 Å². The smallest absolute Gasteiger partial charge is 0.136 e. The number of halogens is 4. The molecule has 94 valence electrons. The van der Waals surface area contributed by atoms with E-state index in [1.807, 2.05) is 0 Å². The van der Waals surface area contributed by atoms with Gasteiger partial charge in [-0.3, -0.25) is 0 Å². The van der Waals surface area contributed by atoms with E-state index in [-0.39, 0.29) is 11.3 Å². The summed E-state index contributed by atoms with van der Waals surface area (Å²) in [5.74, 6) is -4.22. The van der Waals surface area contributed by atoms with Crippen LogP contribution in [0.3, 0.4) is 0 Å². The maximum Gasteiger partial charge on any atom is 0.136 e. The van der Waals surface area contributed by atoms with Crippen molar-refractivity contribution >= 4 is 5.69 Å². The summed E-state index contributed by atoms with van der Waals surface area (Å²) in [6.07, 6.45) is 0. The van der Waals surface area contributed by atoms with E-state index >= 15 is 0 Å². The first-order chi connectivity index (χ1) is 8.40. The zero-order chi connectivity index (χ0) is 13.4. The first kappa shape index (κ1) is 12.4. The van der Waals surface area contributed by atoms with Crippen molar-refractivity contribution in [2.45, 2.75) is 6.92 Å². The summed E-state index contributed by atoms with van der Waals surface area (Å²) in [7, 11) is 0. The molecular weight excluding hydrogens is 246 g/mol. The average Bonchev–Trinajstić information content (AvgIpc) is 2.24. The standard InChI is InChI=1S/C13H9F4N/c1-6-2-9(15)8(5-12(6)18)13-10(16)3-7(14)4-11(13)17/h2-5H,18H2,1H3. The zero-order valence-electron chi connectivity index (χ0n) is 9.40. The minimum absolute atomic E-state index is 0.203. The lowest BCUT2D eigenvalue weighted by Crippen LogP contribution is -1.98. The van der Waals surface area contributed by atoms with Gasteiger partial charge in [0.25, 0.3) is 0 Å². The Hall–Kier alpha value is -2.04. The maximum absolute atomic E-state index is 13.7. The number of anilines is 1. The van der Waals surface area contributed by atoms with Crippen LogP contribution < -0.4 is 5.73 Å². The summed E-state index contributed by atoms with van der Waals surface area (Å²) in [4.78, 5) is 0. The van der Waals surface area contributed by atoms with E-state index in [4.69, 9.17) is 5.73 Å².